The number of benzene rings is 1. The minimum absolute atomic E-state index is 0.0174. The molecule has 2 heterocycles. The lowest BCUT2D eigenvalue weighted by Crippen LogP contribution is -2.31. The van der Waals surface area contributed by atoms with Crippen molar-refractivity contribution in [3.8, 4) is 5.75 Å². The van der Waals surface area contributed by atoms with Crippen LogP contribution < -0.4 is 9.64 Å². The molecular weight excluding hydrogens is 316 g/mol. The minimum atomic E-state index is -0.0174. The Bertz CT molecular complexity index is 776. The Hall–Kier alpha value is -2.63. The van der Waals surface area contributed by atoms with Crippen LogP contribution in [0.4, 0.5) is 5.95 Å². The van der Waals surface area contributed by atoms with Crippen LogP contribution in [0.3, 0.4) is 0 Å². The Morgan fingerprint density at radius 3 is 2.76 bits per heavy atom. The summed E-state index contributed by atoms with van der Waals surface area (Å²) in [4.78, 5) is 25.6. The SMILES string of the molecule is COc1ccccc1[C@@H]1CCCN1C(=O)c1cnc(N(C)C)nc1C. The number of likely N-dealkylation sites (tertiary alicyclic amines) is 1. The van der Waals surface area contributed by atoms with E-state index in [4.69, 9.17) is 4.74 Å². The first kappa shape index (κ1) is 17.2. The molecule has 0 unspecified atom stereocenters. The lowest BCUT2D eigenvalue weighted by atomic mass is 10.0. The van der Waals surface area contributed by atoms with Gasteiger partial charge in [0.1, 0.15) is 5.75 Å². The van der Waals surface area contributed by atoms with Crippen molar-refractivity contribution < 1.29 is 9.53 Å². The fraction of sp³-hybridized carbons (Fsp3) is 0.421. The fourth-order valence-electron chi connectivity index (χ4n) is 3.31. The third-order valence-electron chi connectivity index (χ3n) is 4.61. The number of aryl methyl sites for hydroxylation is 1. The highest BCUT2D eigenvalue weighted by molar-refractivity contribution is 5.95. The first-order valence-corrected chi connectivity index (χ1v) is 8.47. The Morgan fingerprint density at radius 2 is 2.08 bits per heavy atom. The maximum Gasteiger partial charge on any atom is 0.257 e. The molecule has 0 radical (unpaired) electrons. The maximum absolute atomic E-state index is 13.1. The molecule has 1 aromatic carbocycles. The molecule has 1 saturated heterocycles. The topological polar surface area (TPSA) is 58.6 Å². The molecule has 1 aromatic heterocycles. The van der Waals surface area contributed by atoms with Crippen LogP contribution in [-0.2, 0) is 0 Å². The molecule has 6 heteroatoms. The van der Waals surface area contributed by atoms with Gasteiger partial charge in [-0.25, -0.2) is 9.97 Å². The second-order valence-electron chi connectivity index (χ2n) is 6.46. The zero-order valence-corrected chi connectivity index (χ0v) is 15.2. The van der Waals surface area contributed by atoms with E-state index in [0.717, 1.165) is 30.7 Å². The molecule has 0 spiro atoms. The van der Waals surface area contributed by atoms with Gasteiger partial charge in [-0.05, 0) is 25.8 Å². The summed E-state index contributed by atoms with van der Waals surface area (Å²) in [6.07, 6.45) is 3.55. The van der Waals surface area contributed by atoms with Crippen LogP contribution in [0.25, 0.3) is 0 Å². The first-order chi connectivity index (χ1) is 12.0. The summed E-state index contributed by atoms with van der Waals surface area (Å²) in [5.41, 5.74) is 2.32. The Kier molecular flexibility index (Phi) is 4.88. The lowest BCUT2D eigenvalue weighted by Gasteiger charge is -2.27. The van der Waals surface area contributed by atoms with E-state index in [1.807, 2.05) is 55.1 Å². The molecule has 1 amide bonds. The molecule has 6 nitrogen and oxygen atoms in total. The molecule has 0 N–H and O–H groups in total. The summed E-state index contributed by atoms with van der Waals surface area (Å²) in [6.45, 7) is 2.59. The first-order valence-electron chi connectivity index (χ1n) is 8.47. The highest BCUT2D eigenvalue weighted by Crippen LogP contribution is 2.37. The van der Waals surface area contributed by atoms with Gasteiger partial charge in [0.05, 0.1) is 24.4 Å². The van der Waals surface area contributed by atoms with Crippen molar-refractivity contribution >= 4 is 11.9 Å². The maximum atomic E-state index is 13.1. The predicted molar refractivity (Wildman–Crippen MR) is 97.1 cm³/mol. The highest BCUT2D eigenvalue weighted by Gasteiger charge is 2.33. The summed E-state index contributed by atoms with van der Waals surface area (Å²) < 4.78 is 5.49. The number of rotatable bonds is 4. The molecule has 2 aromatic rings. The third-order valence-corrected chi connectivity index (χ3v) is 4.61. The quantitative estimate of drug-likeness (QED) is 0.856. The van der Waals surface area contributed by atoms with Crippen molar-refractivity contribution in [3.63, 3.8) is 0 Å². The van der Waals surface area contributed by atoms with Crippen molar-refractivity contribution in [1.29, 1.82) is 0 Å². The van der Waals surface area contributed by atoms with Crippen LogP contribution in [0.5, 0.6) is 5.75 Å². The van der Waals surface area contributed by atoms with Gasteiger partial charge in [0.2, 0.25) is 5.95 Å². The number of carbonyl (C=O) groups excluding carboxylic acids is 1. The van der Waals surface area contributed by atoms with E-state index in [1.165, 1.54) is 0 Å². The number of para-hydroxylation sites is 1. The fourth-order valence-corrected chi connectivity index (χ4v) is 3.31. The molecule has 0 bridgehead atoms. The average molecular weight is 340 g/mol. The summed E-state index contributed by atoms with van der Waals surface area (Å²) in [7, 11) is 5.43. The predicted octanol–water partition coefficient (Wildman–Crippen LogP) is 2.84. The average Bonchev–Trinajstić information content (AvgIpc) is 3.10. The number of aromatic nitrogens is 2. The Labute approximate surface area is 148 Å². The highest BCUT2D eigenvalue weighted by atomic mass is 16.5. The van der Waals surface area contributed by atoms with Gasteiger partial charge in [0, 0.05) is 32.4 Å². The van der Waals surface area contributed by atoms with Crippen LogP contribution in [0.1, 0.15) is 40.5 Å². The van der Waals surface area contributed by atoms with E-state index < -0.39 is 0 Å². The second-order valence-corrected chi connectivity index (χ2v) is 6.46. The summed E-state index contributed by atoms with van der Waals surface area (Å²) in [5, 5.41) is 0. The Balaban J connectivity index is 1.91. The molecule has 3 rings (SSSR count). The summed E-state index contributed by atoms with van der Waals surface area (Å²) in [6, 6.07) is 7.93. The molecule has 25 heavy (non-hydrogen) atoms. The largest absolute Gasteiger partial charge is 0.496 e. The minimum Gasteiger partial charge on any atom is -0.496 e. The molecule has 0 aliphatic carbocycles. The van der Waals surface area contributed by atoms with Crippen molar-refractivity contribution in [1.82, 2.24) is 14.9 Å². The van der Waals surface area contributed by atoms with Gasteiger partial charge in [0.15, 0.2) is 0 Å². The van der Waals surface area contributed by atoms with Gasteiger partial charge < -0.3 is 14.5 Å². The molecular formula is C19H24N4O2. The van der Waals surface area contributed by atoms with Crippen LogP contribution >= 0.6 is 0 Å². The number of ether oxygens (including phenoxy) is 1. The zero-order valence-electron chi connectivity index (χ0n) is 15.2. The zero-order chi connectivity index (χ0) is 18.0. The number of amides is 1. The number of anilines is 1. The van der Waals surface area contributed by atoms with Gasteiger partial charge in [0.25, 0.3) is 5.91 Å². The van der Waals surface area contributed by atoms with E-state index in [-0.39, 0.29) is 11.9 Å². The van der Waals surface area contributed by atoms with Gasteiger partial charge in [-0.3, -0.25) is 4.79 Å². The molecule has 1 fully saturated rings. The summed E-state index contributed by atoms with van der Waals surface area (Å²) in [5.74, 6) is 1.41. The number of carbonyl (C=O) groups is 1. The van der Waals surface area contributed by atoms with Crippen molar-refractivity contribution in [2.75, 3.05) is 32.6 Å². The van der Waals surface area contributed by atoms with E-state index in [2.05, 4.69) is 9.97 Å². The van der Waals surface area contributed by atoms with Gasteiger partial charge in [-0.2, -0.15) is 0 Å². The van der Waals surface area contributed by atoms with Crippen LogP contribution in [-0.4, -0.2) is 48.5 Å². The molecule has 0 saturated carbocycles. The van der Waals surface area contributed by atoms with Crippen LogP contribution in [0.2, 0.25) is 0 Å². The van der Waals surface area contributed by atoms with Crippen LogP contribution in [0, 0.1) is 6.92 Å². The number of nitrogens with zero attached hydrogens (tertiary/aromatic N) is 4. The van der Waals surface area contributed by atoms with E-state index in [0.29, 0.717) is 17.2 Å². The van der Waals surface area contributed by atoms with Gasteiger partial charge >= 0.3 is 0 Å². The number of methoxy groups -OCH3 is 1. The number of hydrogen-bond donors (Lipinski definition) is 0. The second kappa shape index (κ2) is 7.09. The van der Waals surface area contributed by atoms with Gasteiger partial charge in [-0.1, -0.05) is 18.2 Å². The third kappa shape index (κ3) is 3.29. The van der Waals surface area contributed by atoms with Crippen LogP contribution in [0.15, 0.2) is 30.5 Å². The summed E-state index contributed by atoms with van der Waals surface area (Å²) >= 11 is 0. The van der Waals surface area contributed by atoms with E-state index in [1.54, 1.807) is 13.3 Å². The molecule has 1 atom stereocenters. The van der Waals surface area contributed by atoms with Crippen molar-refractivity contribution in [2.24, 2.45) is 0 Å². The monoisotopic (exact) mass is 340 g/mol. The standard InChI is InChI=1S/C19H24N4O2/c1-13-15(12-20-19(21-13)22(2)3)18(24)23-11-7-9-16(23)14-8-5-6-10-17(14)25-4/h5-6,8,10,12,16H,7,9,11H2,1-4H3/t16-/m0/s1. The van der Waals surface area contributed by atoms with E-state index in [9.17, 15) is 4.79 Å². The van der Waals surface area contributed by atoms with E-state index >= 15 is 0 Å². The normalized spacial score (nSPS) is 16.8. The van der Waals surface area contributed by atoms with Gasteiger partial charge in [-0.15, -0.1) is 0 Å². The van der Waals surface area contributed by atoms with Crippen molar-refractivity contribution in [3.05, 3.63) is 47.3 Å². The van der Waals surface area contributed by atoms with Crippen molar-refractivity contribution in [2.45, 2.75) is 25.8 Å². The molecule has 1 aliphatic rings. The smallest absolute Gasteiger partial charge is 0.257 e. The lowest BCUT2D eigenvalue weighted by molar-refractivity contribution is 0.0732. The number of hydrogen-bond acceptors (Lipinski definition) is 5. The molecule has 132 valence electrons. The molecule has 1 aliphatic heterocycles. The Morgan fingerprint density at radius 1 is 1.32 bits per heavy atom.